The molecule has 0 fully saturated rings. The average molecular weight is 2150 g/mol. The highest BCUT2D eigenvalue weighted by molar-refractivity contribution is 7.90. The number of ether oxygens (including phenoxy) is 1. The van der Waals surface area contributed by atoms with E-state index in [1.807, 2.05) is 74.4 Å². The SMILES string of the molecule is C=C1CC(C)(C)c2cc(C(C)C)cc(C(C)(C)C)c2N1.C=C1CC(C)(C)c2cc(C(C)C)cc(C(C)(C)C)c2N1C.CC(C)c1ccc(S(=O)(=O)NC(C)(C)C)c(C(C)(C)O)c1.CC(C)c1ccc(S(=O)(=O)NC(C)(C)C)c(C(F)F)c1.CC(C)c1ccc(S(=O)CC(C)(C)C)c(C(C)(C)C)c1.CCN(C(C)(C)C)S(=O)(=O)c1ccc(C(C)C)cc1C(F)(F)F.COC(C)(C)c1cc(C(C)C)ccc1S(=O)(=O)NC(C)(C)C. The van der Waals surface area contributed by atoms with E-state index in [-0.39, 0.29) is 71.5 Å². The van der Waals surface area contributed by atoms with Crippen LogP contribution in [0.2, 0.25) is 0 Å². The molecule has 0 spiro atoms. The molecule has 0 saturated carbocycles. The number of alkyl halides is 5. The lowest BCUT2D eigenvalue weighted by Gasteiger charge is -2.43. The Labute approximate surface area is 892 Å². The maximum atomic E-state index is 13.4. The summed E-state index contributed by atoms with van der Waals surface area (Å²) < 4.78 is 194. The van der Waals surface area contributed by atoms with E-state index in [0.29, 0.717) is 51.7 Å². The van der Waals surface area contributed by atoms with Gasteiger partial charge in [-0.3, -0.25) is 4.21 Å². The molecule has 1 unspecified atom stereocenters. The van der Waals surface area contributed by atoms with Crippen LogP contribution in [0, 0.1) is 5.41 Å². The second-order valence-electron chi connectivity index (χ2n) is 52.6. The lowest BCUT2D eigenvalue weighted by atomic mass is 9.71. The van der Waals surface area contributed by atoms with Gasteiger partial charge >= 0.3 is 6.18 Å². The number of benzene rings is 7. The van der Waals surface area contributed by atoms with E-state index in [2.05, 4.69) is 253 Å². The summed E-state index contributed by atoms with van der Waals surface area (Å²) in [6.45, 7) is 103. The van der Waals surface area contributed by atoms with E-state index in [4.69, 9.17) is 4.74 Å². The topological polar surface area (TPSA) is 238 Å². The van der Waals surface area contributed by atoms with Crippen molar-refractivity contribution in [3.63, 3.8) is 0 Å². The maximum absolute atomic E-state index is 13.4. The number of nitrogens with one attached hydrogen (secondary N) is 4. The highest BCUT2D eigenvalue weighted by atomic mass is 32.2. The van der Waals surface area contributed by atoms with E-state index < -0.39 is 113 Å². The quantitative estimate of drug-likeness (QED) is 0.0398. The van der Waals surface area contributed by atoms with Crippen molar-refractivity contribution in [2.45, 2.75) is 477 Å². The van der Waals surface area contributed by atoms with Crippen molar-refractivity contribution < 1.29 is 69.7 Å². The molecule has 0 aliphatic carbocycles. The third-order valence-electron chi connectivity index (χ3n) is 25.3. The Bertz CT molecular complexity index is 6150. The predicted molar refractivity (Wildman–Crippen MR) is 611 cm³/mol. The minimum absolute atomic E-state index is 0.0216. The number of allylic oxidation sites excluding steroid dienone is 2. The van der Waals surface area contributed by atoms with Crippen molar-refractivity contribution >= 4 is 62.3 Å². The number of fused-ring (bicyclic) bond motifs is 2. The molecular formula is C120H191F5N6O11S5. The Hall–Kier alpha value is -7.02. The van der Waals surface area contributed by atoms with Crippen LogP contribution in [0.25, 0.3) is 0 Å². The molecule has 1 atom stereocenters. The fourth-order valence-electron chi connectivity index (χ4n) is 17.1. The molecule has 9 rings (SSSR count). The highest BCUT2D eigenvalue weighted by Crippen LogP contribution is 2.51. The molecule has 0 aromatic heterocycles. The Morgan fingerprint density at radius 3 is 1.10 bits per heavy atom. The zero-order valence-corrected chi connectivity index (χ0v) is 103. The average Bonchev–Trinajstić information content (AvgIpc) is 0.667. The monoisotopic (exact) mass is 2150 g/mol. The minimum Gasteiger partial charge on any atom is -0.386 e. The molecular weight excluding hydrogens is 1960 g/mol. The molecule has 2 aliphatic rings. The predicted octanol–water partition coefficient (Wildman–Crippen LogP) is 32.1. The first-order chi connectivity index (χ1) is 65.6. The number of nitrogens with zero attached hydrogens (tertiary/aromatic N) is 2. The summed E-state index contributed by atoms with van der Waals surface area (Å²) >= 11 is 0. The zero-order chi connectivity index (χ0) is 115. The zero-order valence-electron chi connectivity index (χ0n) is 99.2. The van der Waals surface area contributed by atoms with Crippen molar-refractivity contribution in [2.75, 3.05) is 36.7 Å². The summed E-state index contributed by atoms with van der Waals surface area (Å²) in [6, 6.07) is 34.3. The van der Waals surface area contributed by atoms with Gasteiger partial charge in [-0.1, -0.05) is 301 Å². The van der Waals surface area contributed by atoms with Crippen LogP contribution in [0.4, 0.5) is 33.3 Å². The number of sulfonamides is 4. The number of hydrogen-bond donors (Lipinski definition) is 5. The Morgan fingerprint density at radius 1 is 0.435 bits per heavy atom. The molecule has 147 heavy (non-hydrogen) atoms. The van der Waals surface area contributed by atoms with Crippen LogP contribution in [-0.2, 0) is 100 Å². The number of hydrogen-bond acceptors (Lipinski definition) is 13. The van der Waals surface area contributed by atoms with E-state index >= 15 is 0 Å². The molecule has 0 saturated heterocycles. The van der Waals surface area contributed by atoms with E-state index in [0.717, 1.165) is 51.0 Å². The molecule has 27 heteroatoms. The summed E-state index contributed by atoms with van der Waals surface area (Å²) in [7, 11) is -12.7. The lowest BCUT2D eigenvalue weighted by molar-refractivity contribution is -0.140. The molecule has 0 bridgehead atoms. The summed E-state index contributed by atoms with van der Waals surface area (Å²) in [4.78, 5) is 2.69. The van der Waals surface area contributed by atoms with Crippen LogP contribution in [0.15, 0.2) is 164 Å². The molecule has 2 aliphatic heterocycles. The van der Waals surface area contributed by atoms with Crippen LogP contribution in [0.5, 0.6) is 0 Å². The van der Waals surface area contributed by atoms with Gasteiger partial charge in [0.2, 0.25) is 40.1 Å². The van der Waals surface area contributed by atoms with E-state index in [1.54, 1.807) is 134 Å². The fourth-order valence-corrected chi connectivity index (χ4v) is 26.0. The second kappa shape index (κ2) is 49.6. The standard InChI is InChI=1S/C20H31N.C19H29N.C18H30OS.C17H29NO3S.C16H24F3NO2S.C16H27NO3S.C14H21F2NO2S/c1-13(2)15-10-16(19(4,5)6)18-17(11-15)20(7,8)12-14(3)21(18)9;1-12(2)14-9-15(18(4,5)6)17-16(10-14)19(7,8)11-13(3)20-17;1-13(2)14-9-10-16(15(11-14)18(6,7)8)20(19)12-17(3,4)5;1-12(2)13-9-10-15(14(11-13)17(6,7)21-8)22(19,20)18-16(3,4)5;1-7-20(15(4,5)6)23(21,22)14-9-8-12(11(2)3)10-13(14)16(17,18)19;1-11(2)12-8-9-14(13(10-12)16(6,7)18)21(19,20)17-15(3,4)5;1-9(2)10-6-7-12(11(8-10)13(15)16)20(18,19)17-14(3,4)5/h10-11,13H,3,12H2,1-2,4-9H3;9-10,12,20H,3,11H2,1-2,4-8H3;9-11,13H,12H2,1-8H3;9-12,18H,1-8H3;8-11H,7H2,1-6H3;8-11,17-18H,1-7H3;6-9,13,17H,1-5H3. The maximum Gasteiger partial charge on any atom is 0.417 e. The van der Waals surface area contributed by atoms with Gasteiger partial charge in [0.15, 0.2) is 0 Å². The number of anilines is 2. The Morgan fingerprint density at radius 2 is 0.755 bits per heavy atom. The summed E-state index contributed by atoms with van der Waals surface area (Å²) in [5.41, 5.74) is 15.1. The first-order valence-corrected chi connectivity index (χ1v) is 58.9. The van der Waals surface area contributed by atoms with Crippen LogP contribution < -0.4 is 24.4 Å². The van der Waals surface area contributed by atoms with Gasteiger partial charge in [0.05, 0.1) is 47.1 Å². The highest BCUT2D eigenvalue weighted by Gasteiger charge is 2.44. The minimum atomic E-state index is -4.73. The van der Waals surface area contributed by atoms with Crippen LogP contribution >= 0.6 is 0 Å². The molecule has 7 aromatic rings. The molecule has 832 valence electrons. The third kappa shape index (κ3) is 38.6. The molecule has 0 amide bonds. The van der Waals surface area contributed by atoms with Gasteiger partial charge in [-0.15, -0.1) is 0 Å². The lowest BCUT2D eigenvalue weighted by Crippen LogP contribution is -2.45. The molecule has 7 aromatic carbocycles. The van der Waals surface area contributed by atoms with Crippen molar-refractivity contribution in [3.8, 4) is 0 Å². The normalized spacial score (nSPS) is 15.0. The first kappa shape index (κ1) is 134. The number of halogens is 5. The molecule has 17 nitrogen and oxygen atoms in total. The summed E-state index contributed by atoms with van der Waals surface area (Å²) in [5, 5.41) is 13.9. The van der Waals surface area contributed by atoms with Crippen molar-refractivity contribution in [1.29, 1.82) is 0 Å². The number of aliphatic hydroxyl groups is 1. The van der Waals surface area contributed by atoms with Gasteiger partial charge in [0, 0.05) is 93.0 Å². The van der Waals surface area contributed by atoms with Crippen molar-refractivity contribution in [3.05, 3.63) is 229 Å². The largest absolute Gasteiger partial charge is 0.417 e. The van der Waals surface area contributed by atoms with Gasteiger partial charge in [0.25, 0.3) is 6.43 Å². The fraction of sp³-hybridized carbons (Fsp3) is 0.617. The van der Waals surface area contributed by atoms with Crippen LogP contribution in [0.3, 0.4) is 0 Å². The third-order valence-corrected chi connectivity index (χ3v) is 35.0. The van der Waals surface area contributed by atoms with E-state index in [9.17, 15) is 64.9 Å². The van der Waals surface area contributed by atoms with Gasteiger partial charge in [-0.05, 0) is 307 Å². The first-order valence-electron chi connectivity index (χ1n) is 51.7. The second-order valence-corrected chi connectivity index (χ2v) is 60.8. The Balaban J connectivity index is 0.000000441. The summed E-state index contributed by atoms with van der Waals surface area (Å²) in [6.07, 6.45) is -5.53. The van der Waals surface area contributed by atoms with E-state index in [1.165, 1.54) is 79.8 Å². The van der Waals surface area contributed by atoms with Gasteiger partial charge < -0.3 is 20.1 Å². The molecule has 2 heterocycles. The molecule has 0 radical (unpaired) electrons. The number of methoxy groups -OCH3 is 1. The Kier molecular flexibility index (Phi) is 45.3. The number of rotatable bonds is 22. The smallest absolute Gasteiger partial charge is 0.386 e. The van der Waals surface area contributed by atoms with Gasteiger partial charge in [0.1, 0.15) is 0 Å². The molecule has 5 N–H and O–H groups in total. The van der Waals surface area contributed by atoms with Crippen molar-refractivity contribution in [2.24, 2.45) is 5.41 Å². The van der Waals surface area contributed by atoms with Crippen LogP contribution in [-0.4, -0.2) is 95.9 Å². The van der Waals surface area contributed by atoms with Crippen molar-refractivity contribution in [1.82, 2.24) is 18.5 Å². The van der Waals surface area contributed by atoms with Gasteiger partial charge in [-0.2, -0.15) is 17.5 Å². The summed E-state index contributed by atoms with van der Waals surface area (Å²) in [5.74, 6) is 2.83. The van der Waals surface area contributed by atoms with Crippen LogP contribution in [0.1, 0.15) is 475 Å². The van der Waals surface area contributed by atoms with Gasteiger partial charge in [-0.25, -0.2) is 56.6 Å².